The van der Waals surface area contributed by atoms with E-state index in [2.05, 4.69) is 15.7 Å². The molecule has 1 aliphatic heterocycles. The Morgan fingerprint density at radius 2 is 2.17 bits per heavy atom. The maximum atomic E-state index is 5.35. The van der Waals surface area contributed by atoms with Crippen LogP contribution in [0.3, 0.4) is 0 Å². The molecule has 1 aromatic carbocycles. The van der Waals surface area contributed by atoms with Gasteiger partial charge in [0.05, 0.1) is 10.7 Å². The Bertz CT molecular complexity index is 554. The topological polar surface area (TPSA) is 43.4 Å². The zero-order valence-corrected chi connectivity index (χ0v) is 10.9. The maximum Gasteiger partial charge on any atom is 0.231 e. The molecule has 0 saturated heterocycles. The van der Waals surface area contributed by atoms with E-state index in [1.165, 1.54) is 5.56 Å². The van der Waals surface area contributed by atoms with Crippen LogP contribution in [-0.2, 0) is 13.1 Å². The van der Waals surface area contributed by atoms with Crippen LogP contribution in [0.25, 0.3) is 0 Å². The van der Waals surface area contributed by atoms with Gasteiger partial charge in [-0.15, -0.1) is 11.3 Å². The predicted molar refractivity (Wildman–Crippen MR) is 70.0 cm³/mol. The number of nitrogens with zero attached hydrogens (tertiary/aromatic N) is 1. The summed E-state index contributed by atoms with van der Waals surface area (Å²) in [6, 6.07) is 6.01. The highest BCUT2D eigenvalue weighted by Crippen LogP contribution is 2.32. The summed E-state index contributed by atoms with van der Waals surface area (Å²) in [7, 11) is 0. The van der Waals surface area contributed by atoms with Crippen LogP contribution in [0, 0.1) is 6.92 Å². The fourth-order valence-corrected chi connectivity index (χ4v) is 2.49. The van der Waals surface area contributed by atoms with E-state index in [0.717, 1.165) is 35.3 Å². The van der Waals surface area contributed by atoms with E-state index in [1.54, 1.807) is 11.3 Å². The van der Waals surface area contributed by atoms with E-state index in [0.29, 0.717) is 6.79 Å². The second-order valence-electron chi connectivity index (χ2n) is 4.15. The molecule has 2 heterocycles. The van der Waals surface area contributed by atoms with Crippen LogP contribution < -0.4 is 14.8 Å². The molecule has 0 saturated carbocycles. The van der Waals surface area contributed by atoms with Crippen LogP contribution in [0.15, 0.2) is 23.6 Å². The zero-order valence-electron chi connectivity index (χ0n) is 10.1. The van der Waals surface area contributed by atoms with Gasteiger partial charge in [-0.2, -0.15) is 0 Å². The van der Waals surface area contributed by atoms with Crippen molar-refractivity contribution >= 4 is 11.3 Å². The molecule has 0 unspecified atom stereocenters. The summed E-state index contributed by atoms with van der Waals surface area (Å²) in [6.45, 7) is 3.93. The Labute approximate surface area is 110 Å². The zero-order chi connectivity index (χ0) is 12.4. The van der Waals surface area contributed by atoms with Crippen molar-refractivity contribution in [3.05, 3.63) is 39.8 Å². The molecule has 1 aromatic heterocycles. The quantitative estimate of drug-likeness (QED) is 0.919. The third kappa shape index (κ3) is 2.47. The molecule has 0 bridgehead atoms. The van der Waals surface area contributed by atoms with Crippen molar-refractivity contribution in [2.75, 3.05) is 6.79 Å². The summed E-state index contributed by atoms with van der Waals surface area (Å²) in [5, 5.41) is 6.56. The average molecular weight is 262 g/mol. The summed E-state index contributed by atoms with van der Waals surface area (Å²) in [6.07, 6.45) is 0. The molecule has 3 rings (SSSR count). The third-order valence-corrected chi connectivity index (χ3v) is 3.56. The molecular weight excluding hydrogens is 248 g/mol. The van der Waals surface area contributed by atoms with Crippen molar-refractivity contribution < 1.29 is 9.47 Å². The largest absolute Gasteiger partial charge is 0.454 e. The second kappa shape index (κ2) is 4.96. The lowest BCUT2D eigenvalue weighted by molar-refractivity contribution is 0.174. The Balaban J connectivity index is 1.57. The average Bonchev–Trinajstić information content (AvgIpc) is 2.97. The molecule has 18 heavy (non-hydrogen) atoms. The predicted octanol–water partition coefficient (Wildman–Crippen LogP) is 2.47. The number of rotatable bonds is 4. The molecule has 0 amide bonds. The van der Waals surface area contributed by atoms with Gasteiger partial charge < -0.3 is 14.8 Å². The number of nitrogens with one attached hydrogen (secondary N) is 1. The Hall–Kier alpha value is -1.59. The molecule has 1 aliphatic rings. The first kappa shape index (κ1) is 11.5. The van der Waals surface area contributed by atoms with E-state index in [-0.39, 0.29) is 0 Å². The second-order valence-corrected chi connectivity index (χ2v) is 5.21. The Kier molecular flexibility index (Phi) is 3.17. The fraction of sp³-hybridized carbons (Fsp3) is 0.308. The smallest absolute Gasteiger partial charge is 0.231 e. The number of hydrogen-bond donors (Lipinski definition) is 1. The van der Waals surface area contributed by atoms with Crippen molar-refractivity contribution in [1.82, 2.24) is 10.3 Å². The highest BCUT2D eigenvalue weighted by Gasteiger charge is 2.12. The molecule has 4 nitrogen and oxygen atoms in total. The molecule has 0 fully saturated rings. The molecule has 1 N–H and O–H groups in total. The van der Waals surface area contributed by atoms with Crippen LogP contribution in [-0.4, -0.2) is 11.8 Å². The highest BCUT2D eigenvalue weighted by molar-refractivity contribution is 7.09. The molecular formula is C13H14N2O2S. The van der Waals surface area contributed by atoms with Crippen LogP contribution in [0.2, 0.25) is 0 Å². The summed E-state index contributed by atoms with van der Waals surface area (Å²) >= 11 is 1.68. The van der Waals surface area contributed by atoms with Gasteiger partial charge in [0.25, 0.3) is 0 Å². The number of thiazole rings is 1. The monoisotopic (exact) mass is 262 g/mol. The van der Waals surface area contributed by atoms with Gasteiger partial charge in [0.15, 0.2) is 11.5 Å². The van der Waals surface area contributed by atoms with E-state index < -0.39 is 0 Å². The summed E-state index contributed by atoms with van der Waals surface area (Å²) in [5.74, 6) is 1.66. The first-order chi connectivity index (χ1) is 8.81. The Morgan fingerprint density at radius 1 is 1.28 bits per heavy atom. The number of fused-ring (bicyclic) bond motifs is 1. The van der Waals surface area contributed by atoms with Crippen LogP contribution in [0.5, 0.6) is 11.5 Å². The SMILES string of the molecule is Cc1nc(CNCc2ccc3c(c2)OCO3)cs1. The van der Waals surface area contributed by atoms with E-state index in [1.807, 2.05) is 25.1 Å². The lowest BCUT2D eigenvalue weighted by Gasteiger charge is -2.04. The molecule has 0 aliphatic carbocycles. The van der Waals surface area contributed by atoms with Crippen LogP contribution in [0.1, 0.15) is 16.3 Å². The van der Waals surface area contributed by atoms with E-state index >= 15 is 0 Å². The number of aromatic nitrogens is 1. The summed E-state index contributed by atoms with van der Waals surface area (Å²) in [4.78, 5) is 4.41. The third-order valence-electron chi connectivity index (χ3n) is 2.74. The van der Waals surface area contributed by atoms with Crippen molar-refractivity contribution in [3.63, 3.8) is 0 Å². The number of ether oxygens (including phenoxy) is 2. The normalized spacial score (nSPS) is 12.9. The van der Waals surface area contributed by atoms with E-state index in [9.17, 15) is 0 Å². The minimum Gasteiger partial charge on any atom is -0.454 e. The number of benzene rings is 1. The summed E-state index contributed by atoms with van der Waals surface area (Å²) in [5.41, 5.74) is 2.28. The lowest BCUT2D eigenvalue weighted by Crippen LogP contribution is -2.12. The van der Waals surface area contributed by atoms with Gasteiger partial charge in [-0.05, 0) is 24.6 Å². The van der Waals surface area contributed by atoms with Crippen molar-refractivity contribution in [2.45, 2.75) is 20.0 Å². The molecule has 94 valence electrons. The van der Waals surface area contributed by atoms with Crippen molar-refractivity contribution in [3.8, 4) is 11.5 Å². The lowest BCUT2D eigenvalue weighted by atomic mass is 10.2. The van der Waals surface area contributed by atoms with Crippen molar-refractivity contribution in [1.29, 1.82) is 0 Å². The molecule has 5 heteroatoms. The van der Waals surface area contributed by atoms with Gasteiger partial charge in [-0.25, -0.2) is 4.98 Å². The standard InChI is InChI=1S/C13H14N2O2S/c1-9-15-11(7-18-9)6-14-5-10-2-3-12-13(4-10)17-8-16-12/h2-4,7,14H,5-6,8H2,1H3. The minimum atomic E-state index is 0.324. The molecule has 2 aromatic rings. The van der Waals surface area contributed by atoms with E-state index in [4.69, 9.17) is 9.47 Å². The van der Waals surface area contributed by atoms with Gasteiger partial charge in [-0.3, -0.25) is 0 Å². The van der Waals surface area contributed by atoms with Crippen molar-refractivity contribution in [2.24, 2.45) is 0 Å². The van der Waals surface area contributed by atoms with Gasteiger partial charge in [0, 0.05) is 18.5 Å². The fourth-order valence-electron chi connectivity index (χ4n) is 1.88. The van der Waals surface area contributed by atoms with Gasteiger partial charge in [0.1, 0.15) is 0 Å². The van der Waals surface area contributed by atoms with Gasteiger partial charge >= 0.3 is 0 Å². The number of aryl methyl sites for hydroxylation is 1. The molecule has 0 spiro atoms. The molecule has 0 atom stereocenters. The Morgan fingerprint density at radius 3 is 3.00 bits per heavy atom. The highest BCUT2D eigenvalue weighted by atomic mass is 32.1. The molecule has 0 radical (unpaired) electrons. The summed E-state index contributed by atoms with van der Waals surface area (Å²) < 4.78 is 10.6. The van der Waals surface area contributed by atoms with Crippen LogP contribution in [0.4, 0.5) is 0 Å². The minimum absolute atomic E-state index is 0.324. The van der Waals surface area contributed by atoms with Gasteiger partial charge in [0.2, 0.25) is 6.79 Å². The first-order valence-corrected chi connectivity index (χ1v) is 6.69. The number of hydrogen-bond acceptors (Lipinski definition) is 5. The van der Waals surface area contributed by atoms with Gasteiger partial charge in [-0.1, -0.05) is 6.07 Å². The maximum absolute atomic E-state index is 5.35. The van der Waals surface area contributed by atoms with Crippen LogP contribution >= 0.6 is 11.3 Å². The first-order valence-electron chi connectivity index (χ1n) is 5.81.